The van der Waals surface area contributed by atoms with Crippen LogP contribution in [0.5, 0.6) is 11.5 Å². The Morgan fingerprint density at radius 2 is 1.70 bits per heavy atom. The fourth-order valence-corrected chi connectivity index (χ4v) is 3.90. The molecule has 1 fully saturated rings. The fourth-order valence-electron chi connectivity index (χ4n) is 3.78. The Labute approximate surface area is 180 Å². The van der Waals surface area contributed by atoms with Crippen molar-refractivity contribution in [2.24, 2.45) is 0 Å². The van der Waals surface area contributed by atoms with Crippen molar-refractivity contribution in [2.45, 2.75) is 6.42 Å². The predicted octanol–water partition coefficient (Wildman–Crippen LogP) is 2.96. The van der Waals surface area contributed by atoms with E-state index in [1.807, 2.05) is 12.1 Å². The fraction of sp³-hybridized carbons (Fsp3) is 0.364. The summed E-state index contributed by atoms with van der Waals surface area (Å²) in [6.45, 7) is 4.69. The zero-order valence-corrected chi connectivity index (χ0v) is 17.9. The molecule has 2 aromatic carbocycles. The van der Waals surface area contributed by atoms with E-state index < -0.39 is 0 Å². The maximum atomic E-state index is 12.5. The molecule has 1 N–H and O–H groups in total. The van der Waals surface area contributed by atoms with E-state index in [4.69, 9.17) is 21.1 Å². The number of ether oxygens (including phenoxy) is 2. The molecular weight excluding hydrogens is 404 g/mol. The Morgan fingerprint density at radius 1 is 1.03 bits per heavy atom. The number of halogens is 1. The number of nitrogens with zero attached hydrogens (tertiary/aromatic N) is 3. The molecule has 0 unspecified atom stereocenters. The third-order valence-electron chi connectivity index (χ3n) is 5.49. The Morgan fingerprint density at radius 3 is 2.37 bits per heavy atom. The lowest BCUT2D eigenvalue weighted by Crippen LogP contribution is -2.47. The smallest absolute Gasteiger partial charge is 0.258 e. The van der Waals surface area contributed by atoms with Gasteiger partial charge in [-0.1, -0.05) is 11.6 Å². The van der Waals surface area contributed by atoms with Crippen LogP contribution >= 0.6 is 11.6 Å². The molecule has 7 nitrogen and oxygen atoms in total. The Balaban J connectivity index is 1.40. The molecular formula is C22H25ClN4O3. The van der Waals surface area contributed by atoms with Crippen LogP contribution in [0.1, 0.15) is 5.82 Å². The SMILES string of the molecule is COc1cc2nc(CCN3CCN(c4ccc(Cl)cc4)CC3)[nH]c(=O)c2cc1OC. The number of aromatic amines is 1. The lowest BCUT2D eigenvalue weighted by Gasteiger charge is -2.36. The molecule has 0 aliphatic carbocycles. The number of fused-ring (bicyclic) bond motifs is 1. The first-order valence-corrected chi connectivity index (χ1v) is 10.3. The second-order valence-corrected chi connectivity index (χ2v) is 7.73. The number of hydrogen-bond acceptors (Lipinski definition) is 6. The molecule has 0 bridgehead atoms. The highest BCUT2D eigenvalue weighted by Gasteiger charge is 2.18. The summed E-state index contributed by atoms with van der Waals surface area (Å²) < 4.78 is 10.6. The van der Waals surface area contributed by atoms with Crippen LogP contribution in [0.3, 0.4) is 0 Å². The van der Waals surface area contributed by atoms with Crippen molar-refractivity contribution in [3.05, 3.63) is 57.6 Å². The molecule has 0 atom stereocenters. The second kappa shape index (κ2) is 8.93. The molecule has 2 heterocycles. The molecule has 1 aliphatic heterocycles. The molecule has 0 spiro atoms. The lowest BCUT2D eigenvalue weighted by atomic mass is 10.2. The first kappa shape index (κ1) is 20.5. The van der Waals surface area contributed by atoms with E-state index in [1.165, 1.54) is 5.69 Å². The van der Waals surface area contributed by atoms with Gasteiger partial charge in [-0.05, 0) is 30.3 Å². The number of methoxy groups -OCH3 is 2. The van der Waals surface area contributed by atoms with Crippen LogP contribution in [0, 0.1) is 0 Å². The number of hydrogen-bond donors (Lipinski definition) is 1. The molecule has 1 saturated heterocycles. The molecule has 3 aromatic rings. The largest absolute Gasteiger partial charge is 0.493 e. The first-order valence-electron chi connectivity index (χ1n) is 9.95. The average Bonchev–Trinajstić information content (AvgIpc) is 2.78. The summed E-state index contributed by atoms with van der Waals surface area (Å²) in [5, 5.41) is 1.25. The monoisotopic (exact) mass is 428 g/mol. The Kier molecular flexibility index (Phi) is 6.11. The number of H-pyrrole nitrogens is 1. The summed E-state index contributed by atoms with van der Waals surface area (Å²) in [6.07, 6.45) is 0.681. The van der Waals surface area contributed by atoms with E-state index in [-0.39, 0.29) is 5.56 Å². The lowest BCUT2D eigenvalue weighted by molar-refractivity contribution is 0.259. The van der Waals surface area contributed by atoms with Crippen LogP contribution in [-0.2, 0) is 6.42 Å². The van der Waals surface area contributed by atoms with E-state index >= 15 is 0 Å². The highest BCUT2D eigenvalue weighted by atomic mass is 35.5. The van der Waals surface area contributed by atoms with Crippen LogP contribution in [0.4, 0.5) is 5.69 Å². The first-order chi connectivity index (χ1) is 14.6. The number of piperazine rings is 1. The average molecular weight is 429 g/mol. The summed E-state index contributed by atoms with van der Waals surface area (Å²) in [5.74, 6) is 1.76. The van der Waals surface area contributed by atoms with E-state index in [2.05, 4.69) is 31.9 Å². The molecule has 8 heteroatoms. The standard InChI is InChI=1S/C22H25ClN4O3/c1-29-19-13-17-18(14-20(19)30-2)24-21(25-22(17)28)7-8-26-9-11-27(12-10-26)16-5-3-15(23)4-6-16/h3-6,13-14H,7-12H2,1-2H3,(H,24,25,28). The van der Waals surface area contributed by atoms with Gasteiger partial charge in [0, 0.05) is 55.9 Å². The predicted molar refractivity (Wildman–Crippen MR) is 119 cm³/mol. The van der Waals surface area contributed by atoms with Crippen LogP contribution < -0.4 is 19.9 Å². The number of rotatable bonds is 6. The number of aromatic nitrogens is 2. The molecule has 1 aliphatic rings. The molecule has 0 amide bonds. The summed E-state index contributed by atoms with van der Waals surface area (Å²) >= 11 is 5.98. The Bertz CT molecular complexity index is 1080. The number of benzene rings is 2. The van der Waals surface area contributed by atoms with Crippen molar-refractivity contribution in [3.8, 4) is 11.5 Å². The minimum Gasteiger partial charge on any atom is -0.493 e. The summed E-state index contributed by atoms with van der Waals surface area (Å²) in [7, 11) is 3.12. The van der Waals surface area contributed by atoms with Gasteiger partial charge in [0.1, 0.15) is 5.82 Å². The van der Waals surface area contributed by atoms with Crippen molar-refractivity contribution in [1.82, 2.24) is 14.9 Å². The van der Waals surface area contributed by atoms with Crippen molar-refractivity contribution < 1.29 is 9.47 Å². The highest BCUT2D eigenvalue weighted by molar-refractivity contribution is 6.30. The van der Waals surface area contributed by atoms with Gasteiger partial charge in [-0.3, -0.25) is 9.69 Å². The van der Waals surface area contributed by atoms with Gasteiger partial charge >= 0.3 is 0 Å². The van der Waals surface area contributed by atoms with Gasteiger partial charge in [0.05, 0.1) is 25.1 Å². The minimum absolute atomic E-state index is 0.163. The second-order valence-electron chi connectivity index (χ2n) is 7.29. The van der Waals surface area contributed by atoms with E-state index in [0.717, 1.165) is 37.7 Å². The van der Waals surface area contributed by atoms with Gasteiger partial charge < -0.3 is 19.4 Å². The normalized spacial score (nSPS) is 14.8. The van der Waals surface area contributed by atoms with Gasteiger partial charge in [-0.15, -0.1) is 0 Å². The third kappa shape index (κ3) is 4.37. The molecule has 0 saturated carbocycles. The van der Waals surface area contributed by atoms with E-state index in [9.17, 15) is 4.79 Å². The number of nitrogens with one attached hydrogen (secondary N) is 1. The summed E-state index contributed by atoms with van der Waals surface area (Å²) in [4.78, 5) is 24.8. The third-order valence-corrected chi connectivity index (χ3v) is 5.74. The zero-order chi connectivity index (χ0) is 21.1. The zero-order valence-electron chi connectivity index (χ0n) is 17.2. The molecule has 1 aromatic heterocycles. The molecule has 4 rings (SSSR count). The van der Waals surface area contributed by atoms with Crippen LogP contribution in [-0.4, -0.2) is 61.8 Å². The van der Waals surface area contributed by atoms with Crippen molar-refractivity contribution >= 4 is 28.2 Å². The van der Waals surface area contributed by atoms with Gasteiger partial charge in [0.15, 0.2) is 11.5 Å². The number of anilines is 1. The van der Waals surface area contributed by atoms with Crippen molar-refractivity contribution in [2.75, 3.05) is 51.8 Å². The summed E-state index contributed by atoms with van der Waals surface area (Å²) in [5.41, 5.74) is 1.64. The van der Waals surface area contributed by atoms with E-state index in [0.29, 0.717) is 34.6 Å². The van der Waals surface area contributed by atoms with Gasteiger partial charge in [0.2, 0.25) is 0 Å². The summed E-state index contributed by atoms with van der Waals surface area (Å²) in [6, 6.07) is 11.4. The minimum atomic E-state index is -0.163. The van der Waals surface area contributed by atoms with Gasteiger partial charge in [-0.2, -0.15) is 0 Å². The van der Waals surface area contributed by atoms with Gasteiger partial charge in [-0.25, -0.2) is 4.98 Å². The highest BCUT2D eigenvalue weighted by Crippen LogP contribution is 2.30. The van der Waals surface area contributed by atoms with Crippen molar-refractivity contribution in [1.29, 1.82) is 0 Å². The van der Waals surface area contributed by atoms with Crippen LogP contribution in [0.15, 0.2) is 41.2 Å². The maximum Gasteiger partial charge on any atom is 0.258 e. The van der Waals surface area contributed by atoms with E-state index in [1.54, 1.807) is 26.4 Å². The van der Waals surface area contributed by atoms with Crippen molar-refractivity contribution in [3.63, 3.8) is 0 Å². The van der Waals surface area contributed by atoms with Crippen LogP contribution in [0.2, 0.25) is 5.02 Å². The molecule has 158 valence electrons. The molecule has 0 radical (unpaired) electrons. The Hall–Kier alpha value is -2.77. The van der Waals surface area contributed by atoms with Gasteiger partial charge in [0.25, 0.3) is 5.56 Å². The topological polar surface area (TPSA) is 70.7 Å². The van der Waals surface area contributed by atoms with Crippen LogP contribution in [0.25, 0.3) is 10.9 Å². The maximum absolute atomic E-state index is 12.5. The quantitative estimate of drug-likeness (QED) is 0.651. The molecule has 30 heavy (non-hydrogen) atoms.